The number of amides is 2. The summed E-state index contributed by atoms with van der Waals surface area (Å²) in [7, 11) is 3.28. The van der Waals surface area contributed by atoms with E-state index in [1.165, 1.54) is 12.1 Å². The number of para-hydroxylation sites is 2. The Morgan fingerprint density at radius 3 is 2.67 bits per heavy atom. The van der Waals surface area contributed by atoms with Crippen LogP contribution in [0.25, 0.3) is 33.3 Å². The molecular formula is C31H30FN5O4S. The fourth-order valence-corrected chi connectivity index (χ4v) is 6.10. The monoisotopic (exact) mass is 587 g/mol. The van der Waals surface area contributed by atoms with Crippen molar-refractivity contribution in [3.63, 3.8) is 0 Å². The Labute approximate surface area is 245 Å². The number of nitrogens with one attached hydrogen (secondary N) is 2. The van der Waals surface area contributed by atoms with Crippen molar-refractivity contribution in [1.82, 2.24) is 20.2 Å². The van der Waals surface area contributed by atoms with Gasteiger partial charge in [-0.05, 0) is 60.9 Å². The number of fused-ring (bicyclic) bond motifs is 2. The molecule has 1 unspecified atom stereocenters. The van der Waals surface area contributed by atoms with Crippen molar-refractivity contribution in [3.05, 3.63) is 83.4 Å². The molecule has 216 valence electrons. The van der Waals surface area contributed by atoms with E-state index in [1.54, 1.807) is 47.8 Å². The zero-order valence-corrected chi connectivity index (χ0v) is 24.3. The predicted octanol–water partition coefficient (Wildman–Crippen LogP) is 5.22. The van der Waals surface area contributed by atoms with Crippen LogP contribution in [0.2, 0.25) is 0 Å². The van der Waals surface area contributed by atoms with Gasteiger partial charge in [0.1, 0.15) is 23.4 Å². The minimum atomic E-state index is -1.35. The summed E-state index contributed by atoms with van der Waals surface area (Å²) in [5, 5.41) is 3.28. The van der Waals surface area contributed by atoms with Gasteiger partial charge in [-0.1, -0.05) is 12.1 Å². The molecule has 1 saturated heterocycles. The van der Waals surface area contributed by atoms with Crippen molar-refractivity contribution < 1.29 is 22.9 Å². The van der Waals surface area contributed by atoms with Crippen LogP contribution < -0.4 is 9.62 Å². The van der Waals surface area contributed by atoms with Crippen LogP contribution in [0.5, 0.6) is 0 Å². The lowest BCUT2D eigenvalue weighted by Gasteiger charge is -2.34. The first kappa shape index (κ1) is 27.8. The summed E-state index contributed by atoms with van der Waals surface area (Å²) in [6, 6.07) is 17.0. The van der Waals surface area contributed by atoms with Crippen molar-refractivity contribution in [1.29, 1.82) is 0 Å². The molecule has 5 aromatic rings. The summed E-state index contributed by atoms with van der Waals surface area (Å²) in [5.41, 5.74) is 4.41. The molecule has 2 aromatic heterocycles. The van der Waals surface area contributed by atoms with Gasteiger partial charge in [-0.25, -0.2) is 9.37 Å². The second-order valence-electron chi connectivity index (χ2n) is 10.4. The molecule has 11 heteroatoms. The summed E-state index contributed by atoms with van der Waals surface area (Å²) in [6.07, 6.45) is 3.15. The molecule has 3 heterocycles. The SMILES string of the molecule is CNC(=O)c1c(-c2ccc(F)cc2)oc2cc(N(C)[S+](C)[O-])c([C@H]3CCCN(C(=O)c4nc5ccccc5[nH]4)C3)cc12. The number of anilines is 1. The lowest BCUT2D eigenvalue weighted by atomic mass is 9.88. The first-order valence-corrected chi connectivity index (χ1v) is 15.2. The van der Waals surface area contributed by atoms with Crippen LogP contribution in [0.15, 0.2) is 65.1 Å². The number of hydrogen-bond acceptors (Lipinski definition) is 6. The van der Waals surface area contributed by atoms with Gasteiger partial charge in [0.15, 0.2) is 5.82 Å². The molecule has 1 aliphatic heterocycles. The number of aromatic amines is 1. The number of benzene rings is 3. The van der Waals surface area contributed by atoms with Gasteiger partial charge in [-0.15, -0.1) is 0 Å². The third kappa shape index (κ3) is 4.99. The van der Waals surface area contributed by atoms with E-state index < -0.39 is 17.2 Å². The standard InChI is InChI=1S/C31H30FN5O4S/c1-33-30(38)27-22-15-21(19-7-6-14-37(17-19)31(39)29-34-23-8-4-5-9-24(23)35-29)25(36(2)42(3)40)16-26(22)41-28(27)18-10-12-20(32)13-11-18/h4-5,8-13,15-16,19H,6-7,14,17H2,1-3H3,(H,33,38)(H,34,35)/t19-,42?/m0/s1. The lowest BCUT2D eigenvalue weighted by Crippen LogP contribution is -2.40. The molecule has 6 rings (SSSR count). The van der Waals surface area contributed by atoms with Crippen LogP contribution in [0.4, 0.5) is 10.1 Å². The zero-order valence-electron chi connectivity index (χ0n) is 23.4. The van der Waals surface area contributed by atoms with Gasteiger partial charge in [-0.3, -0.25) is 9.59 Å². The van der Waals surface area contributed by atoms with Crippen LogP contribution in [0.1, 0.15) is 45.3 Å². The van der Waals surface area contributed by atoms with Gasteiger partial charge < -0.3 is 24.2 Å². The van der Waals surface area contributed by atoms with Crippen LogP contribution in [-0.4, -0.2) is 64.7 Å². The highest BCUT2D eigenvalue weighted by Gasteiger charge is 2.32. The third-order valence-corrected chi connectivity index (χ3v) is 8.83. The number of aromatic nitrogens is 2. The van der Waals surface area contributed by atoms with Gasteiger partial charge in [0, 0.05) is 43.1 Å². The molecule has 2 N–H and O–H groups in total. The lowest BCUT2D eigenvalue weighted by molar-refractivity contribution is 0.0696. The number of likely N-dealkylation sites (tertiary alicyclic amines) is 1. The van der Waals surface area contributed by atoms with Gasteiger partial charge in [0.05, 0.1) is 40.7 Å². The summed E-state index contributed by atoms with van der Waals surface area (Å²) in [6.45, 7) is 1.01. The second kappa shape index (κ2) is 11.1. The molecule has 1 aliphatic rings. The smallest absolute Gasteiger partial charge is 0.289 e. The number of carbonyl (C=O) groups excluding carboxylic acids is 2. The molecule has 2 amide bonds. The van der Waals surface area contributed by atoms with E-state index in [0.29, 0.717) is 52.5 Å². The number of hydrogen-bond donors (Lipinski definition) is 2. The molecule has 9 nitrogen and oxygen atoms in total. The molecule has 0 aliphatic carbocycles. The van der Waals surface area contributed by atoms with E-state index in [2.05, 4.69) is 15.3 Å². The van der Waals surface area contributed by atoms with Crippen LogP contribution in [-0.2, 0) is 11.4 Å². The van der Waals surface area contributed by atoms with Crippen molar-refractivity contribution in [2.45, 2.75) is 18.8 Å². The Bertz CT molecular complexity index is 1770. The highest BCUT2D eigenvalue weighted by molar-refractivity contribution is 7.92. The predicted molar refractivity (Wildman–Crippen MR) is 161 cm³/mol. The minimum absolute atomic E-state index is 0.0980. The highest BCUT2D eigenvalue weighted by Crippen LogP contribution is 2.42. The number of piperidine rings is 1. The first-order chi connectivity index (χ1) is 20.2. The second-order valence-corrected chi connectivity index (χ2v) is 11.8. The van der Waals surface area contributed by atoms with Gasteiger partial charge in [-0.2, -0.15) is 4.31 Å². The fraction of sp³-hybridized carbons (Fsp3) is 0.258. The third-order valence-electron chi connectivity index (χ3n) is 7.86. The number of furan rings is 1. The van der Waals surface area contributed by atoms with E-state index in [1.807, 2.05) is 30.3 Å². The van der Waals surface area contributed by atoms with E-state index in [4.69, 9.17) is 4.42 Å². The number of carbonyl (C=O) groups is 2. The molecule has 2 atom stereocenters. The van der Waals surface area contributed by atoms with Crippen LogP contribution >= 0.6 is 0 Å². The topological polar surface area (TPSA) is 118 Å². The molecular weight excluding hydrogens is 557 g/mol. The minimum Gasteiger partial charge on any atom is -0.593 e. The van der Waals surface area contributed by atoms with Crippen molar-refractivity contribution in [3.8, 4) is 11.3 Å². The molecule has 0 radical (unpaired) electrons. The van der Waals surface area contributed by atoms with Gasteiger partial charge in [0.2, 0.25) is 0 Å². The average molecular weight is 588 g/mol. The maximum atomic E-state index is 13.7. The summed E-state index contributed by atoms with van der Waals surface area (Å²) >= 11 is -1.35. The normalized spacial score (nSPS) is 16.1. The highest BCUT2D eigenvalue weighted by atomic mass is 32.2. The zero-order chi connectivity index (χ0) is 29.5. The summed E-state index contributed by atoms with van der Waals surface area (Å²) in [5.74, 6) is -0.410. The maximum Gasteiger partial charge on any atom is 0.289 e. The van der Waals surface area contributed by atoms with E-state index in [9.17, 15) is 18.5 Å². The molecule has 42 heavy (non-hydrogen) atoms. The number of rotatable bonds is 6. The maximum absolute atomic E-state index is 13.7. The van der Waals surface area contributed by atoms with Crippen molar-refractivity contribution in [2.24, 2.45) is 0 Å². The van der Waals surface area contributed by atoms with Gasteiger partial charge >= 0.3 is 0 Å². The number of halogens is 1. The molecule has 0 spiro atoms. The molecule has 0 bridgehead atoms. The van der Waals surface area contributed by atoms with Crippen molar-refractivity contribution >= 4 is 50.9 Å². The van der Waals surface area contributed by atoms with E-state index in [0.717, 1.165) is 29.4 Å². The van der Waals surface area contributed by atoms with Gasteiger partial charge in [0.25, 0.3) is 11.8 Å². The molecule has 3 aromatic carbocycles. The van der Waals surface area contributed by atoms with Crippen LogP contribution in [0, 0.1) is 5.82 Å². The largest absolute Gasteiger partial charge is 0.593 e. The molecule has 0 saturated carbocycles. The van der Waals surface area contributed by atoms with Crippen molar-refractivity contribution in [2.75, 3.05) is 37.7 Å². The van der Waals surface area contributed by atoms with Crippen LogP contribution in [0.3, 0.4) is 0 Å². The first-order valence-electron chi connectivity index (χ1n) is 13.6. The number of H-pyrrole nitrogens is 1. The average Bonchev–Trinajstić information content (AvgIpc) is 3.61. The Hall–Kier alpha value is -4.35. The Balaban J connectivity index is 1.44. The Kier molecular flexibility index (Phi) is 7.38. The summed E-state index contributed by atoms with van der Waals surface area (Å²) in [4.78, 5) is 36.1. The van der Waals surface area contributed by atoms with E-state index in [-0.39, 0.29) is 17.7 Å². The quantitative estimate of drug-likeness (QED) is 0.263. The summed E-state index contributed by atoms with van der Waals surface area (Å²) < 4.78 is 34.2. The fourth-order valence-electron chi connectivity index (χ4n) is 5.66. The Morgan fingerprint density at radius 1 is 1.19 bits per heavy atom. The Morgan fingerprint density at radius 2 is 1.95 bits per heavy atom. The number of imidazole rings is 1. The molecule has 1 fully saturated rings. The number of nitrogens with zero attached hydrogens (tertiary/aromatic N) is 3. The van der Waals surface area contributed by atoms with E-state index >= 15 is 0 Å².